The number of ether oxygens (including phenoxy) is 6. The number of nitrogens with one attached hydrogen (secondary N) is 6. The number of terminal acetylenes is 1. The molecular weight excluding hydrogens is 2000 g/mol. The maximum Gasteiger partial charge on any atom is 0.406 e. The van der Waals surface area contributed by atoms with Gasteiger partial charge >= 0.3 is 18.5 Å². The molecule has 3 aliphatic carbocycles. The number of alkyl halides is 12. The van der Waals surface area contributed by atoms with E-state index >= 15 is 0 Å². The third-order valence-corrected chi connectivity index (χ3v) is 31.1. The van der Waals surface area contributed by atoms with E-state index in [9.17, 15) is 77.9 Å². The average Bonchev–Trinajstić information content (AvgIpc) is 1.75. The van der Waals surface area contributed by atoms with E-state index in [2.05, 4.69) is 76.2 Å². The fraction of sp³-hybridized carbons (Fsp3) is 0.515. The van der Waals surface area contributed by atoms with Crippen molar-refractivity contribution in [3.8, 4) is 53.3 Å². The molecule has 9 heterocycles. The van der Waals surface area contributed by atoms with E-state index in [-0.39, 0.29) is 94.9 Å². The van der Waals surface area contributed by atoms with Gasteiger partial charge in [-0.05, 0) is 202 Å². The highest BCUT2D eigenvalue weighted by Crippen LogP contribution is 2.47. The van der Waals surface area contributed by atoms with Crippen LogP contribution < -0.4 is 46.1 Å². The first-order chi connectivity index (χ1) is 66.2. The van der Waals surface area contributed by atoms with Gasteiger partial charge in [0.25, 0.3) is 0 Å². The molecule has 9 aliphatic rings. The van der Waals surface area contributed by atoms with E-state index in [0.717, 1.165) is 171 Å². The Balaban J connectivity index is 0.000000148. The van der Waals surface area contributed by atoms with Crippen molar-refractivity contribution < 1.29 is 106 Å². The third-order valence-electron chi connectivity index (χ3n) is 26.9. The summed E-state index contributed by atoms with van der Waals surface area (Å²) >= 11 is 1.99. The molecule has 24 nitrogen and oxygen atoms in total. The van der Waals surface area contributed by atoms with E-state index in [1.165, 1.54) is 88.2 Å². The van der Waals surface area contributed by atoms with Gasteiger partial charge < -0.3 is 74.0 Å². The van der Waals surface area contributed by atoms with Crippen LogP contribution in [0.2, 0.25) is 0 Å². The Hall–Kier alpha value is -9.68. The van der Waals surface area contributed by atoms with Gasteiger partial charge in [-0.15, -0.1) is 6.42 Å². The minimum Gasteiger partial charge on any atom is -0.489 e. The molecular formula is C99H115F12IN12O12S3. The Morgan fingerprint density at radius 3 is 0.957 bits per heavy atom. The minimum atomic E-state index is -4.45. The molecule has 6 saturated heterocycles. The van der Waals surface area contributed by atoms with Crippen molar-refractivity contribution in [3.05, 3.63) is 142 Å². The summed E-state index contributed by atoms with van der Waals surface area (Å²) < 4.78 is 266. The van der Waals surface area contributed by atoms with Gasteiger partial charge in [-0.1, -0.05) is 36.0 Å². The predicted octanol–water partition coefficient (Wildman–Crippen LogP) is 17.3. The number of sulfone groups is 3. The summed E-state index contributed by atoms with van der Waals surface area (Å²) in [6.07, 6.45) is 8.04. The number of rotatable bonds is 30. The second-order valence-corrected chi connectivity index (χ2v) is 44.9. The predicted molar refractivity (Wildman–Crippen MR) is 521 cm³/mol. The highest BCUT2D eigenvalue weighted by molar-refractivity contribution is 14.1. The van der Waals surface area contributed by atoms with Crippen molar-refractivity contribution in [2.75, 3.05) is 189 Å². The zero-order chi connectivity index (χ0) is 98.9. The van der Waals surface area contributed by atoms with Gasteiger partial charge in [0.15, 0.2) is 29.5 Å². The first-order valence-electron chi connectivity index (χ1n) is 46.4. The van der Waals surface area contributed by atoms with Crippen LogP contribution in [0.4, 0.5) is 86.8 Å². The molecule has 3 saturated carbocycles. The topological polar surface area (TPSA) is 254 Å². The summed E-state index contributed by atoms with van der Waals surface area (Å²) in [6.45, 7) is 6.33. The monoisotopic (exact) mass is 2110 g/mol. The first-order valence-corrected chi connectivity index (χ1v) is 53.1. The molecule has 3 spiro atoms. The van der Waals surface area contributed by atoms with E-state index in [1.54, 1.807) is 48.5 Å². The van der Waals surface area contributed by atoms with E-state index in [4.69, 9.17) is 34.8 Å². The van der Waals surface area contributed by atoms with Crippen LogP contribution >= 0.6 is 22.6 Å². The lowest BCUT2D eigenvalue weighted by molar-refractivity contribution is -0.200. The molecule has 40 heteroatoms. The van der Waals surface area contributed by atoms with Crippen molar-refractivity contribution in [1.29, 1.82) is 0 Å². The third kappa shape index (κ3) is 26.4. The lowest BCUT2D eigenvalue weighted by atomic mass is 9.75. The molecule has 3 aromatic heterocycles. The van der Waals surface area contributed by atoms with Crippen molar-refractivity contribution in [2.24, 2.45) is 16.2 Å². The summed E-state index contributed by atoms with van der Waals surface area (Å²) in [5.74, 6) is 14.5. The van der Waals surface area contributed by atoms with Crippen LogP contribution in [0.5, 0.6) is 17.2 Å². The summed E-state index contributed by atoms with van der Waals surface area (Å²) in [5.41, 5.74) is 7.05. The van der Waals surface area contributed by atoms with E-state index in [1.807, 2.05) is 52.9 Å². The number of nitrogens with zero attached hydrogens (tertiary/aromatic N) is 6. The van der Waals surface area contributed by atoms with Crippen LogP contribution in [0.1, 0.15) is 88.4 Å². The number of fused-ring (bicyclic) bond motifs is 3. The van der Waals surface area contributed by atoms with Gasteiger partial charge in [-0.2, -0.15) is 39.5 Å². The average molecular weight is 2120 g/mol. The summed E-state index contributed by atoms with van der Waals surface area (Å²) in [7, 11) is -10.4. The van der Waals surface area contributed by atoms with Crippen molar-refractivity contribution >= 4 is 119 Å². The minimum absolute atomic E-state index is 0.0145. The molecule has 6 aromatic carbocycles. The second kappa shape index (κ2) is 44.0. The summed E-state index contributed by atoms with van der Waals surface area (Å²) in [4.78, 5) is 7.89. The van der Waals surface area contributed by atoms with Crippen LogP contribution in [0.3, 0.4) is 0 Å². The van der Waals surface area contributed by atoms with Gasteiger partial charge in [-0.25, -0.2) is 38.4 Å². The molecule has 139 heavy (non-hydrogen) atoms. The molecule has 9 fully saturated rings. The quantitative estimate of drug-likeness (QED) is 0.0139. The molecule has 752 valence electrons. The largest absolute Gasteiger partial charge is 0.489 e. The zero-order valence-corrected chi connectivity index (χ0v) is 81.9. The molecule has 6 aliphatic heterocycles. The van der Waals surface area contributed by atoms with Gasteiger partial charge in [0.2, 0.25) is 0 Å². The van der Waals surface area contributed by atoms with Crippen molar-refractivity contribution in [2.45, 2.75) is 166 Å². The first kappa shape index (κ1) is 104. The Morgan fingerprint density at radius 2 is 0.683 bits per heavy atom. The van der Waals surface area contributed by atoms with E-state index in [0.29, 0.717) is 88.5 Å². The number of hydrogen-bond acceptors (Lipinski definition) is 21. The number of hydrogen-bond donors (Lipinski definition) is 6. The molecule has 0 unspecified atom stereocenters. The Morgan fingerprint density at radius 1 is 0.396 bits per heavy atom. The highest BCUT2D eigenvalue weighted by Gasteiger charge is 2.54. The summed E-state index contributed by atoms with van der Waals surface area (Å²) in [6, 6.07) is 36.9. The van der Waals surface area contributed by atoms with Crippen molar-refractivity contribution in [3.63, 3.8) is 0 Å². The molecule has 6 N–H and O–H groups in total. The molecule has 0 radical (unpaired) electrons. The summed E-state index contributed by atoms with van der Waals surface area (Å²) in [5, 5.41) is 22.0. The number of likely N-dealkylation sites (tertiary alicyclic amines) is 3. The van der Waals surface area contributed by atoms with Crippen LogP contribution in [-0.4, -0.2) is 266 Å². The number of benzene rings is 6. The van der Waals surface area contributed by atoms with Gasteiger partial charge in [-0.3, -0.25) is 14.7 Å². The SMILES string of the molecule is C#CCNc1ccc(S(C)(=O)=O)cc1OCCF.CS(=O)(=O)c1ccc(NCC#Cc2cc3c(NC4CCC(N5CC6(COC6)C5)CC4)cccc3n2CC(F)(F)F)c(OCCF)c1.CS(=O)(=O)c1ccc(NCC#Cc2cc3c(NC4CCC(N5CC6(COC6)C5)CC4)cccc3n2CC(F)(F)F)c(OCCF)c1.FC(F)(F)Cn1c(I)cc2c(NC3CCC(N4CC5(COC5)C4)CC3)cccc21. The van der Waals surface area contributed by atoms with Crippen LogP contribution in [-0.2, 0) is 63.4 Å². The maximum atomic E-state index is 13.7. The zero-order valence-electron chi connectivity index (χ0n) is 77.3. The van der Waals surface area contributed by atoms with Crippen LogP contribution in [0.25, 0.3) is 32.7 Å². The fourth-order valence-electron chi connectivity index (χ4n) is 19.9. The van der Waals surface area contributed by atoms with E-state index < -0.39 is 87.7 Å². The number of aromatic nitrogens is 3. The Bertz CT molecular complexity index is 6100. The Labute approximate surface area is 815 Å². The van der Waals surface area contributed by atoms with Crippen LogP contribution in [0.15, 0.2) is 142 Å². The molecule has 18 rings (SSSR count). The maximum absolute atomic E-state index is 13.7. The van der Waals surface area contributed by atoms with Gasteiger partial charge in [0.1, 0.15) is 76.7 Å². The van der Waals surface area contributed by atoms with Crippen LogP contribution in [0, 0.1) is 56.0 Å². The second-order valence-electron chi connectivity index (χ2n) is 37.8. The molecule has 0 atom stereocenters. The lowest BCUT2D eigenvalue weighted by Crippen LogP contribution is -2.68. The lowest BCUT2D eigenvalue weighted by Gasteiger charge is -2.58. The fourth-order valence-corrected chi connectivity index (χ4v) is 22.6. The molecule has 0 amide bonds. The van der Waals surface area contributed by atoms with Crippen molar-refractivity contribution in [1.82, 2.24) is 28.4 Å². The molecule has 0 bridgehead atoms. The Kier molecular flexibility index (Phi) is 32.8. The highest BCUT2D eigenvalue weighted by atomic mass is 127. The molecule has 9 aromatic rings. The normalized spacial score (nSPS) is 21.1. The standard InChI is InChI=1S/2C33H38F4N4O4S.C21H25F3IN3O.C12H14FNO3S/c2*1-46(42,43)26-11-12-29(31(17-26)45-15-13-34)38-14-3-4-25-16-27-28(5-2-6-30(27)41(25)20-33(35,36)37)39-23-7-9-24(10-8-23)40-18-32(19-40)21-44-22-32;22-21(23,24)11-28-18-3-1-2-17(16(18)8-19(28)25)26-14-4-6-15(7-5-14)27-9-20(10-27)12-29-13-20;1-3-7-14-11-5-4-10(18(2,15)16)9-12(11)17-8-6-13/h2*2,5-6,11-12,16-17,23-24,38-39H,7-10,13-15,18-22H2,1H3;1-3,8,14-15,26H,4-7,9-13H2;1,4-5,9,14H,6-8H2,2H3. The number of halogens is 13. The number of anilines is 6. The van der Waals surface area contributed by atoms with Gasteiger partial charge in [0.05, 0.1) is 123 Å². The smallest absolute Gasteiger partial charge is 0.406 e. The van der Waals surface area contributed by atoms with Gasteiger partial charge in [0, 0.05) is 162 Å².